The molecule has 1 N–H and O–H groups in total. The molecule has 2 aromatic rings. The minimum Gasteiger partial charge on any atom is -0.346 e. The van der Waals surface area contributed by atoms with Gasteiger partial charge in [-0.15, -0.1) is 0 Å². The number of nitrogens with one attached hydrogen (secondary N) is 1. The molecule has 0 spiro atoms. The summed E-state index contributed by atoms with van der Waals surface area (Å²) in [7, 11) is -3.47. The summed E-state index contributed by atoms with van der Waals surface area (Å²) >= 11 is 0. The van der Waals surface area contributed by atoms with Crippen molar-refractivity contribution in [1.82, 2.24) is 9.62 Å². The lowest BCUT2D eigenvalue weighted by atomic mass is 10.1. The van der Waals surface area contributed by atoms with Gasteiger partial charge >= 0.3 is 0 Å². The van der Waals surface area contributed by atoms with Gasteiger partial charge in [0.25, 0.3) is 0 Å². The van der Waals surface area contributed by atoms with E-state index in [0.717, 1.165) is 16.7 Å². The average molecular weight is 401 g/mol. The predicted octanol–water partition coefficient (Wildman–Crippen LogP) is 3.92. The van der Waals surface area contributed by atoms with Crippen molar-refractivity contribution in [3.63, 3.8) is 0 Å². The largest absolute Gasteiger partial charge is 0.346 e. The zero-order valence-electron chi connectivity index (χ0n) is 16.8. The van der Waals surface area contributed by atoms with Crippen LogP contribution in [0.15, 0.2) is 59.5 Å². The van der Waals surface area contributed by atoms with Gasteiger partial charge in [-0.3, -0.25) is 4.79 Å². The second kappa shape index (κ2) is 9.66. The topological polar surface area (TPSA) is 66.5 Å². The maximum absolute atomic E-state index is 12.5. The fourth-order valence-electron chi connectivity index (χ4n) is 2.93. The minimum atomic E-state index is -3.47. The Morgan fingerprint density at radius 2 is 1.75 bits per heavy atom. The molecule has 1 amide bonds. The second-order valence-corrected chi connectivity index (χ2v) is 8.57. The van der Waals surface area contributed by atoms with Gasteiger partial charge in [-0.25, -0.2) is 8.42 Å². The van der Waals surface area contributed by atoms with Gasteiger partial charge in [-0.2, -0.15) is 4.31 Å². The van der Waals surface area contributed by atoms with Crippen LogP contribution in [0.25, 0.3) is 6.08 Å². The smallest absolute Gasteiger partial charge is 0.244 e. The van der Waals surface area contributed by atoms with Crippen molar-refractivity contribution in [2.45, 2.75) is 38.6 Å². The molecule has 150 valence electrons. The van der Waals surface area contributed by atoms with E-state index in [4.69, 9.17) is 0 Å². The Hall–Kier alpha value is -2.44. The van der Waals surface area contributed by atoms with E-state index in [1.165, 1.54) is 10.4 Å². The lowest BCUT2D eigenvalue weighted by molar-refractivity contribution is -0.117. The molecule has 0 aliphatic carbocycles. The number of nitrogens with zero attached hydrogens (tertiary/aromatic N) is 1. The van der Waals surface area contributed by atoms with Crippen molar-refractivity contribution < 1.29 is 13.2 Å². The summed E-state index contributed by atoms with van der Waals surface area (Å²) in [4.78, 5) is 12.4. The fourth-order valence-corrected chi connectivity index (χ4v) is 4.39. The van der Waals surface area contributed by atoms with Gasteiger partial charge < -0.3 is 5.32 Å². The summed E-state index contributed by atoms with van der Waals surface area (Å²) in [6.45, 7) is 8.37. The summed E-state index contributed by atoms with van der Waals surface area (Å²) in [6.07, 6.45) is 3.28. The molecule has 0 saturated carbocycles. The highest BCUT2D eigenvalue weighted by Crippen LogP contribution is 2.19. The van der Waals surface area contributed by atoms with E-state index in [1.807, 2.05) is 52.0 Å². The number of benzene rings is 2. The quantitative estimate of drug-likeness (QED) is 0.683. The van der Waals surface area contributed by atoms with Gasteiger partial charge in [-0.1, -0.05) is 55.8 Å². The first kappa shape index (κ1) is 21.9. The Labute approximate surface area is 168 Å². The van der Waals surface area contributed by atoms with Crippen molar-refractivity contribution in [3.8, 4) is 0 Å². The number of aryl methyl sites for hydroxylation is 1. The van der Waals surface area contributed by atoms with E-state index in [1.54, 1.807) is 30.3 Å². The highest BCUT2D eigenvalue weighted by molar-refractivity contribution is 7.89. The minimum absolute atomic E-state index is 0.200. The molecular weight excluding hydrogens is 372 g/mol. The van der Waals surface area contributed by atoms with Crippen LogP contribution in [-0.2, 0) is 14.8 Å². The molecule has 0 aliphatic rings. The van der Waals surface area contributed by atoms with Crippen molar-refractivity contribution in [1.29, 1.82) is 0 Å². The normalized spacial score (nSPS) is 13.0. The van der Waals surface area contributed by atoms with Crippen LogP contribution >= 0.6 is 0 Å². The Bertz CT molecular complexity index is 931. The number of carbonyl (C=O) groups is 1. The van der Waals surface area contributed by atoms with Crippen molar-refractivity contribution in [2.24, 2.45) is 0 Å². The summed E-state index contributed by atoms with van der Waals surface area (Å²) in [5.41, 5.74) is 2.94. The van der Waals surface area contributed by atoms with E-state index in [0.29, 0.717) is 13.1 Å². The molecule has 0 saturated heterocycles. The maximum Gasteiger partial charge on any atom is 0.244 e. The molecule has 2 aromatic carbocycles. The van der Waals surface area contributed by atoms with Crippen LogP contribution in [0.4, 0.5) is 0 Å². The first-order valence-corrected chi connectivity index (χ1v) is 10.9. The molecular formula is C22H28N2O3S. The molecule has 28 heavy (non-hydrogen) atoms. The molecule has 0 aliphatic heterocycles. The number of rotatable bonds is 8. The lowest BCUT2D eigenvalue weighted by Crippen LogP contribution is -2.30. The molecule has 0 radical (unpaired) electrons. The molecule has 0 aromatic heterocycles. The number of hydrogen-bond acceptors (Lipinski definition) is 3. The summed E-state index contributed by atoms with van der Waals surface area (Å²) in [5.74, 6) is -0.200. The highest BCUT2D eigenvalue weighted by atomic mass is 32.2. The molecule has 0 heterocycles. The molecule has 6 heteroatoms. The summed E-state index contributed by atoms with van der Waals surface area (Å²) < 4.78 is 26.5. The maximum atomic E-state index is 12.5. The third-order valence-corrected chi connectivity index (χ3v) is 6.62. The van der Waals surface area contributed by atoms with Crippen LogP contribution in [0.5, 0.6) is 0 Å². The Morgan fingerprint density at radius 3 is 2.32 bits per heavy atom. The molecule has 0 bridgehead atoms. The van der Waals surface area contributed by atoms with Crippen molar-refractivity contribution in [2.75, 3.05) is 13.1 Å². The number of sulfonamides is 1. The fraction of sp³-hybridized carbons (Fsp3) is 0.318. The molecule has 0 fully saturated rings. The molecule has 1 atom stereocenters. The van der Waals surface area contributed by atoms with E-state index >= 15 is 0 Å². The van der Waals surface area contributed by atoms with Crippen LogP contribution in [0.3, 0.4) is 0 Å². The zero-order chi connectivity index (χ0) is 20.7. The van der Waals surface area contributed by atoms with Gasteiger partial charge in [-0.05, 0) is 43.2 Å². The first-order valence-electron chi connectivity index (χ1n) is 9.43. The summed E-state index contributed by atoms with van der Waals surface area (Å²) in [5, 5.41) is 2.90. The van der Waals surface area contributed by atoms with E-state index in [9.17, 15) is 13.2 Å². The SMILES string of the molecule is CCN(CC)S(=O)(=O)c1ccc([C@@H](C)NC(=O)/C=C/c2cccc(C)c2)cc1. The van der Waals surface area contributed by atoms with Crippen LogP contribution in [0, 0.1) is 6.92 Å². The van der Waals surface area contributed by atoms with Gasteiger partial charge in [0.15, 0.2) is 0 Å². The van der Waals surface area contributed by atoms with Gasteiger partial charge in [0.2, 0.25) is 15.9 Å². The summed E-state index contributed by atoms with van der Waals surface area (Å²) in [6, 6.07) is 14.3. The van der Waals surface area contributed by atoms with Crippen LogP contribution in [0.2, 0.25) is 0 Å². The van der Waals surface area contributed by atoms with E-state index in [-0.39, 0.29) is 16.8 Å². The van der Waals surface area contributed by atoms with Crippen LogP contribution in [0.1, 0.15) is 43.5 Å². The van der Waals surface area contributed by atoms with Gasteiger partial charge in [0, 0.05) is 19.2 Å². The second-order valence-electron chi connectivity index (χ2n) is 6.64. The monoisotopic (exact) mass is 400 g/mol. The highest BCUT2D eigenvalue weighted by Gasteiger charge is 2.21. The van der Waals surface area contributed by atoms with E-state index < -0.39 is 10.0 Å². The third kappa shape index (κ3) is 5.53. The van der Waals surface area contributed by atoms with Crippen molar-refractivity contribution >= 4 is 22.0 Å². The van der Waals surface area contributed by atoms with Crippen molar-refractivity contribution in [3.05, 3.63) is 71.3 Å². The number of amides is 1. The first-order chi connectivity index (χ1) is 13.3. The van der Waals surface area contributed by atoms with E-state index in [2.05, 4.69) is 5.32 Å². The van der Waals surface area contributed by atoms with Gasteiger partial charge in [0.05, 0.1) is 10.9 Å². The Kier molecular flexibility index (Phi) is 7.54. The lowest BCUT2D eigenvalue weighted by Gasteiger charge is -2.19. The standard InChI is InChI=1S/C22H28N2O3S/c1-5-24(6-2)28(26,27)21-13-11-20(12-14-21)18(4)23-22(25)15-10-19-9-7-8-17(3)16-19/h7-16,18H,5-6H2,1-4H3,(H,23,25)/b15-10+/t18-/m1/s1. The van der Waals surface area contributed by atoms with Crippen LogP contribution in [-0.4, -0.2) is 31.7 Å². The van der Waals surface area contributed by atoms with Crippen LogP contribution < -0.4 is 5.32 Å². The number of carbonyl (C=O) groups excluding carboxylic acids is 1. The molecule has 2 rings (SSSR count). The third-order valence-electron chi connectivity index (χ3n) is 4.55. The average Bonchev–Trinajstić information content (AvgIpc) is 2.67. The Balaban J connectivity index is 2.04. The molecule has 5 nitrogen and oxygen atoms in total. The molecule has 0 unspecified atom stereocenters. The van der Waals surface area contributed by atoms with Gasteiger partial charge in [0.1, 0.15) is 0 Å². The zero-order valence-corrected chi connectivity index (χ0v) is 17.7. The number of hydrogen-bond donors (Lipinski definition) is 1. The predicted molar refractivity (Wildman–Crippen MR) is 113 cm³/mol. The Morgan fingerprint density at radius 1 is 1.11 bits per heavy atom.